The molecular weight excluding hydrogens is 304 g/mol. The highest BCUT2D eigenvalue weighted by molar-refractivity contribution is 5.88. The van der Waals surface area contributed by atoms with Crippen molar-refractivity contribution in [1.82, 2.24) is 24.7 Å². The molecule has 1 N–H and O–H groups in total. The van der Waals surface area contributed by atoms with Gasteiger partial charge >= 0.3 is 6.03 Å². The summed E-state index contributed by atoms with van der Waals surface area (Å²) in [6, 6.07) is -0.101. The number of aromatic nitrogens is 2. The molecule has 132 valence electrons. The average Bonchev–Trinajstić information content (AvgIpc) is 3.42. The van der Waals surface area contributed by atoms with Gasteiger partial charge in [-0.25, -0.2) is 14.8 Å². The summed E-state index contributed by atoms with van der Waals surface area (Å²) < 4.78 is 0. The maximum Gasteiger partial charge on any atom is 0.321 e. The van der Waals surface area contributed by atoms with Crippen molar-refractivity contribution in [1.29, 1.82) is 0 Å². The van der Waals surface area contributed by atoms with Crippen molar-refractivity contribution in [3.8, 4) is 0 Å². The first-order valence-corrected chi connectivity index (χ1v) is 8.87. The molecule has 1 aromatic rings. The van der Waals surface area contributed by atoms with Gasteiger partial charge in [-0.2, -0.15) is 0 Å². The van der Waals surface area contributed by atoms with Gasteiger partial charge in [0.15, 0.2) is 0 Å². The Kier molecular flexibility index (Phi) is 5.63. The van der Waals surface area contributed by atoms with Crippen LogP contribution in [0.25, 0.3) is 0 Å². The lowest BCUT2D eigenvalue weighted by molar-refractivity contribution is 0.149. The molecule has 7 nitrogen and oxygen atoms in total. The normalized spacial score (nSPS) is 19.2. The van der Waals surface area contributed by atoms with Gasteiger partial charge in [0, 0.05) is 45.7 Å². The third-order valence-corrected chi connectivity index (χ3v) is 4.78. The van der Waals surface area contributed by atoms with Crippen LogP contribution in [0.5, 0.6) is 0 Å². The van der Waals surface area contributed by atoms with Gasteiger partial charge in [0.1, 0.15) is 5.82 Å². The number of rotatable bonds is 6. The maximum atomic E-state index is 12.2. The Labute approximate surface area is 144 Å². The van der Waals surface area contributed by atoms with Crippen LogP contribution in [0.1, 0.15) is 31.0 Å². The number of nitrogens with one attached hydrogen (secondary N) is 1. The molecule has 3 rings (SSSR count). The Morgan fingerprint density at radius 3 is 2.54 bits per heavy atom. The van der Waals surface area contributed by atoms with Gasteiger partial charge in [-0.15, -0.1) is 0 Å². The number of likely N-dealkylation sites (N-methyl/N-ethyl adjacent to an activating group) is 1. The molecule has 1 saturated heterocycles. The van der Waals surface area contributed by atoms with E-state index in [2.05, 4.69) is 32.1 Å². The Hall–Kier alpha value is -1.73. The van der Waals surface area contributed by atoms with E-state index < -0.39 is 0 Å². The molecule has 1 saturated carbocycles. The lowest BCUT2D eigenvalue weighted by Gasteiger charge is -2.32. The van der Waals surface area contributed by atoms with Crippen molar-refractivity contribution >= 4 is 11.7 Å². The van der Waals surface area contributed by atoms with Crippen LogP contribution in [0.3, 0.4) is 0 Å². The van der Waals surface area contributed by atoms with E-state index >= 15 is 0 Å². The van der Waals surface area contributed by atoms with Crippen LogP contribution in [-0.2, 0) is 0 Å². The predicted octanol–water partition coefficient (Wildman–Crippen LogP) is 1.46. The third-order valence-electron chi connectivity index (χ3n) is 4.78. The fourth-order valence-electron chi connectivity index (χ4n) is 2.88. The van der Waals surface area contributed by atoms with Crippen LogP contribution in [0.2, 0.25) is 0 Å². The fourth-order valence-corrected chi connectivity index (χ4v) is 2.88. The SMILES string of the molecule is CN1CCN(CCCN(C)C(=O)Nc2cnc(C3CC3)nc2)CC1. The van der Waals surface area contributed by atoms with E-state index in [1.165, 1.54) is 12.8 Å². The van der Waals surface area contributed by atoms with E-state index in [1.807, 2.05) is 7.05 Å². The molecule has 0 unspecified atom stereocenters. The van der Waals surface area contributed by atoms with E-state index in [9.17, 15) is 4.79 Å². The summed E-state index contributed by atoms with van der Waals surface area (Å²) in [6.07, 6.45) is 6.77. The van der Waals surface area contributed by atoms with E-state index in [-0.39, 0.29) is 6.03 Å². The average molecular weight is 332 g/mol. The van der Waals surface area contributed by atoms with Crippen LogP contribution in [0, 0.1) is 0 Å². The number of urea groups is 1. The Morgan fingerprint density at radius 2 is 1.92 bits per heavy atom. The Bertz CT molecular complexity index is 537. The highest BCUT2D eigenvalue weighted by Crippen LogP contribution is 2.37. The van der Waals surface area contributed by atoms with E-state index in [4.69, 9.17) is 0 Å². The van der Waals surface area contributed by atoms with E-state index in [0.29, 0.717) is 11.6 Å². The molecule has 2 heterocycles. The zero-order valence-electron chi connectivity index (χ0n) is 14.7. The zero-order valence-corrected chi connectivity index (χ0v) is 14.7. The van der Waals surface area contributed by atoms with Crippen molar-refractivity contribution in [2.45, 2.75) is 25.2 Å². The quantitative estimate of drug-likeness (QED) is 0.854. The lowest BCUT2D eigenvalue weighted by atomic mass is 10.3. The topological polar surface area (TPSA) is 64.6 Å². The number of carbonyl (C=O) groups is 1. The minimum Gasteiger partial charge on any atom is -0.328 e. The van der Waals surface area contributed by atoms with Crippen LogP contribution in [-0.4, -0.2) is 84.1 Å². The van der Waals surface area contributed by atoms with Gasteiger partial charge in [0.05, 0.1) is 18.1 Å². The predicted molar refractivity (Wildman–Crippen MR) is 94.2 cm³/mol. The van der Waals surface area contributed by atoms with Gasteiger partial charge in [0.25, 0.3) is 0 Å². The fraction of sp³-hybridized carbons (Fsp3) is 0.706. The van der Waals surface area contributed by atoms with Crippen LogP contribution in [0.15, 0.2) is 12.4 Å². The highest BCUT2D eigenvalue weighted by Gasteiger charge is 2.26. The summed E-state index contributed by atoms with van der Waals surface area (Å²) in [4.78, 5) is 27.4. The molecule has 2 aliphatic rings. The van der Waals surface area contributed by atoms with Crippen molar-refractivity contribution in [2.75, 3.05) is 58.7 Å². The summed E-state index contributed by atoms with van der Waals surface area (Å²) in [5.41, 5.74) is 0.662. The minimum atomic E-state index is -0.101. The highest BCUT2D eigenvalue weighted by atomic mass is 16.2. The minimum absolute atomic E-state index is 0.101. The van der Waals surface area contributed by atoms with Crippen molar-refractivity contribution in [3.63, 3.8) is 0 Å². The van der Waals surface area contributed by atoms with E-state index in [0.717, 1.165) is 51.5 Å². The van der Waals surface area contributed by atoms with Crippen molar-refractivity contribution in [3.05, 3.63) is 18.2 Å². The van der Waals surface area contributed by atoms with Gasteiger partial charge in [-0.05, 0) is 32.9 Å². The number of amides is 2. The maximum absolute atomic E-state index is 12.2. The first kappa shape index (κ1) is 17.1. The number of nitrogens with zero attached hydrogens (tertiary/aromatic N) is 5. The van der Waals surface area contributed by atoms with Crippen molar-refractivity contribution < 1.29 is 4.79 Å². The molecule has 0 aromatic carbocycles. The second kappa shape index (κ2) is 7.90. The van der Waals surface area contributed by atoms with Crippen LogP contribution in [0.4, 0.5) is 10.5 Å². The number of hydrogen-bond donors (Lipinski definition) is 1. The molecular formula is C17H28N6O. The number of anilines is 1. The van der Waals surface area contributed by atoms with Crippen LogP contribution >= 0.6 is 0 Å². The van der Waals surface area contributed by atoms with E-state index in [1.54, 1.807) is 17.3 Å². The molecule has 1 aliphatic heterocycles. The summed E-state index contributed by atoms with van der Waals surface area (Å²) in [6.45, 7) is 6.30. The monoisotopic (exact) mass is 332 g/mol. The summed E-state index contributed by atoms with van der Waals surface area (Å²) >= 11 is 0. The Balaban J connectivity index is 1.36. The molecule has 1 aromatic heterocycles. The zero-order chi connectivity index (χ0) is 16.9. The van der Waals surface area contributed by atoms with Crippen LogP contribution < -0.4 is 5.32 Å². The van der Waals surface area contributed by atoms with Gasteiger partial charge < -0.3 is 20.0 Å². The number of carbonyl (C=O) groups excluding carboxylic acids is 1. The molecule has 2 fully saturated rings. The standard InChI is InChI=1S/C17H28N6O/c1-21-8-10-23(11-9-21)7-3-6-22(2)17(24)20-15-12-18-16(19-13-15)14-4-5-14/h12-14H,3-11H2,1-2H3,(H,20,24). The van der Waals surface area contributed by atoms with Gasteiger partial charge in [-0.3, -0.25) is 0 Å². The first-order chi connectivity index (χ1) is 11.6. The summed E-state index contributed by atoms with van der Waals surface area (Å²) in [7, 11) is 4.00. The molecule has 2 amide bonds. The molecule has 24 heavy (non-hydrogen) atoms. The second-order valence-corrected chi connectivity index (χ2v) is 6.95. The summed E-state index contributed by atoms with van der Waals surface area (Å²) in [5.74, 6) is 1.43. The lowest BCUT2D eigenvalue weighted by Crippen LogP contribution is -2.45. The molecule has 0 radical (unpaired) electrons. The smallest absolute Gasteiger partial charge is 0.321 e. The molecule has 0 spiro atoms. The summed E-state index contributed by atoms with van der Waals surface area (Å²) in [5, 5.41) is 2.86. The third kappa shape index (κ3) is 4.88. The van der Waals surface area contributed by atoms with Gasteiger partial charge in [0.2, 0.25) is 0 Å². The molecule has 7 heteroatoms. The Morgan fingerprint density at radius 1 is 1.25 bits per heavy atom. The van der Waals surface area contributed by atoms with Gasteiger partial charge in [-0.1, -0.05) is 0 Å². The molecule has 1 aliphatic carbocycles. The largest absolute Gasteiger partial charge is 0.328 e. The second-order valence-electron chi connectivity index (χ2n) is 6.95. The van der Waals surface area contributed by atoms with Crippen molar-refractivity contribution in [2.24, 2.45) is 0 Å². The number of piperazine rings is 1. The number of hydrogen-bond acceptors (Lipinski definition) is 5. The molecule has 0 bridgehead atoms. The molecule has 0 atom stereocenters. The first-order valence-electron chi connectivity index (χ1n) is 8.87.